The Morgan fingerprint density at radius 3 is 2.25 bits per heavy atom. The summed E-state index contributed by atoms with van der Waals surface area (Å²) in [5.41, 5.74) is 5.58. The van der Waals surface area contributed by atoms with Gasteiger partial charge < -0.3 is 4.90 Å². The molecule has 0 atom stereocenters. The zero-order valence-electron chi connectivity index (χ0n) is 29.2. The number of fused-ring (bicyclic) bond motifs is 4. The molecule has 0 unspecified atom stereocenters. The maximum absolute atomic E-state index is 11.4. The highest BCUT2D eigenvalue weighted by molar-refractivity contribution is 7.94. The first-order valence-electron chi connectivity index (χ1n) is 16.7. The Morgan fingerprint density at radius 1 is 0.843 bits per heavy atom. The number of unbranched alkanes of at least 4 members (excludes halogenated alkanes) is 2. The molecular weight excluding hydrogens is 713 g/mol. The van der Waals surface area contributed by atoms with E-state index in [0.717, 1.165) is 50.7 Å². The van der Waals surface area contributed by atoms with Gasteiger partial charge in [-0.05, 0) is 79.8 Å². The normalized spacial score (nSPS) is 17.8. The van der Waals surface area contributed by atoms with Gasteiger partial charge in [-0.1, -0.05) is 61.4 Å². The van der Waals surface area contributed by atoms with E-state index in [2.05, 4.69) is 76.9 Å². The lowest BCUT2D eigenvalue weighted by Gasteiger charge is -2.27. The van der Waals surface area contributed by atoms with Crippen LogP contribution in [0, 0.1) is 0 Å². The monoisotopic (exact) mass is 757 g/mol. The molecule has 0 spiro atoms. The zero-order chi connectivity index (χ0) is 37.0. The zero-order valence-corrected chi connectivity index (χ0v) is 31.6. The van der Waals surface area contributed by atoms with Gasteiger partial charge in [-0.2, -0.15) is 21.4 Å². The predicted octanol–water partition coefficient (Wildman–Crippen LogP) is 7.77. The Kier molecular flexibility index (Phi) is 12.0. The smallest absolute Gasteiger partial charge is 0.264 e. The van der Waals surface area contributed by atoms with Crippen molar-refractivity contribution < 1.29 is 45.1 Å². The number of hydrogen-bond donors (Lipinski definition) is 3. The summed E-state index contributed by atoms with van der Waals surface area (Å²) in [6, 6.07) is 18.3. The molecule has 0 fully saturated rings. The second-order valence-corrected chi connectivity index (χ2v) is 17.7. The quantitative estimate of drug-likeness (QED) is 0.0250. The molecule has 2 aliphatic heterocycles. The van der Waals surface area contributed by atoms with Crippen LogP contribution in [0.5, 0.6) is 0 Å². The molecule has 0 bridgehead atoms. The maximum atomic E-state index is 11.4. The summed E-state index contributed by atoms with van der Waals surface area (Å²) in [5, 5.41) is 14.7. The van der Waals surface area contributed by atoms with E-state index in [9.17, 15) is 25.9 Å². The molecule has 0 saturated heterocycles. The highest BCUT2D eigenvalue weighted by Crippen LogP contribution is 2.49. The molecule has 3 aromatic carbocycles. The minimum Gasteiger partial charge on any atom is -0.344 e. The largest absolute Gasteiger partial charge is 0.344 e. The summed E-state index contributed by atoms with van der Waals surface area (Å²) < 4.78 is 70.8. The molecule has 51 heavy (non-hydrogen) atoms. The molecule has 0 saturated carbocycles. The van der Waals surface area contributed by atoms with Gasteiger partial charge in [0.1, 0.15) is 6.54 Å². The molecule has 11 nitrogen and oxygen atoms in total. The van der Waals surface area contributed by atoms with Gasteiger partial charge in [-0.15, -0.1) is 4.33 Å². The Balaban J connectivity index is 1.45. The van der Waals surface area contributed by atoms with E-state index >= 15 is 0 Å². The average molecular weight is 758 g/mol. The van der Waals surface area contributed by atoms with Crippen molar-refractivity contribution in [1.29, 1.82) is 0 Å². The van der Waals surface area contributed by atoms with Crippen LogP contribution in [0.2, 0.25) is 0 Å². The van der Waals surface area contributed by atoms with Gasteiger partial charge in [0.25, 0.3) is 20.2 Å². The van der Waals surface area contributed by atoms with Crippen LogP contribution in [0.25, 0.3) is 10.8 Å². The number of benzene rings is 3. The van der Waals surface area contributed by atoms with Gasteiger partial charge >= 0.3 is 0 Å². The van der Waals surface area contributed by atoms with Gasteiger partial charge in [0, 0.05) is 52.4 Å². The van der Waals surface area contributed by atoms with Gasteiger partial charge in [0.2, 0.25) is 5.69 Å². The first-order valence-corrected chi connectivity index (χ1v) is 20.7. The average Bonchev–Trinajstić information content (AvgIpc) is 3.41. The molecule has 3 aromatic rings. The second-order valence-electron chi connectivity index (χ2n) is 13.8. The van der Waals surface area contributed by atoms with Gasteiger partial charge in [0.05, 0.1) is 29.0 Å². The fraction of sp³-hybridized carbons (Fsp3) is 0.378. The topological polar surface area (TPSA) is 154 Å². The van der Waals surface area contributed by atoms with Gasteiger partial charge in [-0.3, -0.25) is 9.11 Å². The number of nitrogens with zero attached hydrogens (tertiary/aromatic N) is 2. The van der Waals surface area contributed by atoms with Crippen LogP contribution in [0.3, 0.4) is 0 Å². The number of anilines is 1. The molecular formula is C37H45N2O9S3+. The van der Waals surface area contributed by atoms with Crippen molar-refractivity contribution in [2.75, 3.05) is 29.5 Å². The summed E-state index contributed by atoms with van der Waals surface area (Å²) in [4.78, 5) is 2.89. The molecule has 0 amide bonds. The van der Waals surface area contributed by atoms with E-state index in [1.165, 1.54) is 10.9 Å². The first kappa shape index (κ1) is 38.9. The van der Waals surface area contributed by atoms with Gasteiger partial charge in [-0.25, -0.2) is 5.26 Å². The molecule has 14 heteroatoms. The van der Waals surface area contributed by atoms with E-state index in [4.69, 9.17) is 5.26 Å². The minimum absolute atomic E-state index is 0.278. The van der Waals surface area contributed by atoms with Crippen LogP contribution in [-0.2, 0) is 40.4 Å². The predicted molar refractivity (Wildman–Crippen MR) is 202 cm³/mol. The Bertz CT molecular complexity index is 2120. The molecule has 3 N–H and O–H groups in total. The van der Waals surface area contributed by atoms with E-state index in [0.29, 0.717) is 38.8 Å². The third-order valence-electron chi connectivity index (χ3n) is 9.58. The third kappa shape index (κ3) is 9.00. The maximum Gasteiger partial charge on any atom is 0.264 e. The number of allylic oxidation sites excluding steroid dienone is 6. The molecule has 5 rings (SSSR count). The number of hydrogen-bond acceptors (Lipinski definition) is 9. The second kappa shape index (κ2) is 15.7. The van der Waals surface area contributed by atoms with Crippen molar-refractivity contribution in [2.45, 2.75) is 69.1 Å². The Morgan fingerprint density at radius 2 is 1.55 bits per heavy atom. The van der Waals surface area contributed by atoms with Crippen LogP contribution in [0.1, 0.15) is 64.5 Å². The molecule has 0 aliphatic carbocycles. The summed E-state index contributed by atoms with van der Waals surface area (Å²) in [6.45, 7) is 9.74. The van der Waals surface area contributed by atoms with Crippen molar-refractivity contribution in [3.05, 3.63) is 102 Å². The van der Waals surface area contributed by atoms with Crippen molar-refractivity contribution in [3.8, 4) is 0 Å². The summed E-state index contributed by atoms with van der Waals surface area (Å²) in [5.74, 6) is -0.582. The minimum atomic E-state index is -4.05. The van der Waals surface area contributed by atoms with Gasteiger partial charge in [0.15, 0.2) is 5.71 Å². The molecule has 0 radical (unpaired) electrons. The highest BCUT2D eigenvalue weighted by atomic mass is 32.2. The molecule has 274 valence electrons. The van der Waals surface area contributed by atoms with E-state index in [-0.39, 0.29) is 16.9 Å². The Hall–Kier alpha value is -3.34. The van der Waals surface area contributed by atoms with E-state index in [1.807, 2.05) is 54.6 Å². The summed E-state index contributed by atoms with van der Waals surface area (Å²) in [6.07, 6.45) is 11.9. The van der Waals surface area contributed by atoms with Crippen molar-refractivity contribution in [3.63, 3.8) is 0 Å². The van der Waals surface area contributed by atoms with E-state index in [1.54, 1.807) is 0 Å². The third-order valence-corrected chi connectivity index (χ3v) is 11.8. The standard InChI is InChI=1S/C37H44N2O9S3/c1-36(2)30-26-28(49-48-47-40)19-21-31(30)38(22-10-12-24-50(41,42)43)33(36)16-6-5-7-17-34-37(3,4)35-29-15-9-8-14-27(29)18-20-32(35)39(34)23-11-13-25-51(44,45)46/h5-9,14-21,26H,10-13,22-25H2,1-4H3,(H2-,40,41,42,43,44,45,46)/p+1. The SMILES string of the molecule is CC1(C)C(=CC=CC=CC2=[N+](CCCCS(=O)(=O)O)c3ccc4ccccc4c3C2(C)C)N(CCCCS(=O)(=O)O)c2ccc(SOOO)cc21. The van der Waals surface area contributed by atoms with Crippen LogP contribution in [-0.4, -0.2) is 66.1 Å². The van der Waals surface area contributed by atoms with Crippen LogP contribution < -0.4 is 4.90 Å². The molecule has 0 aromatic heterocycles. The highest BCUT2D eigenvalue weighted by Gasteiger charge is 2.45. The summed E-state index contributed by atoms with van der Waals surface area (Å²) in [7, 11) is -8.09. The first-order chi connectivity index (χ1) is 24.0. The lowest BCUT2D eigenvalue weighted by atomic mass is 9.79. The number of rotatable bonds is 16. The summed E-state index contributed by atoms with van der Waals surface area (Å²) >= 11 is 0.881. The van der Waals surface area contributed by atoms with Crippen molar-refractivity contribution >= 4 is 60.1 Å². The fourth-order valence-electron chi connectivity index (χ4n) is 7.24. The van der Waals surface area contributed by atoms with Crippen molar-refractivity contribution in [1.82, 2.24) is 0 Å². The van der Waals surface area contributed by atoms with E-state index < -0.39 is 25.7 Å². The molecule has 2 aliphatic rings. The van der Waals surface area contributed by atoms with Crippen LogP contribution in [0.15, 0.2) is 95.6 Å². The van der Waals surface area contributed by atoms with Crippen LogP contribution in [0.4, 0.5) is 11.4 Å². The fourth-order valence-corrected chi connectivity index (χ4v) is 8.78. The van der Waals surface area contributed by atoms with Crippen LogP contribution >= 0.6 is 12.0 Å². The lowest BCUT2D eigenvalue weighted by Crippen LogP contribution is -2.28. The Labute approximate surface area is 304 Å². The molecule has 2 heterocycles. The lowest BCUT2D eigenvalue weighted by molar-refractivity contribution is -0.438. The van der Waals surface area contributed by atoms with Crippen molar-refractivity contribution in [2.24, 2.45) is 0 Å².